The van der Waals surface area contributed by atoms with Crippen molar-refractivity contribution >= 4 is 5.97 Å². The van der Waals surface area contributed by atoms with Crippen LogP contribution in [-0.4, -0.2) is 34.3 Å². The summed E-state index contributed by atoms with van der Waals surface area (Å²) >= 11 is 0. The van der Waals surface area contributed by atoms with Gasteiger partial charge in [-0.3, -0.25) is 0 Å². The van der Waals surface area contributed by atoms with Crippen molar-refractivity contribution in [2.45, 2.75) is 39.1 Å². The van der Waals surface area contributed by atoms with E-state index in [1.54, 1.807) is 6.92 Å². The number of benzene rings is 3. The number of hydrogen-bond donors (Lipinski definition) is 1. The molecule has 0 saturated carbocycles. The van der Waals surface area contributed by atoms with Gasteiger partial charge < -0.3 is 19.3 Å². The Morgan fingerprint density at radius 3 is 2.05 bits per heavy atom. The van der Waals surface area contributed by atoms with Gasteiger partial charge in [-0.25, -0.2) is 9.78 Å². The normalized spacial score (nSPS) is 12.1. The Hall–Kier alpha value is -4.23. The maximum Gasteiger partial charge on any atom is 0.348 e. The van der Waals surface area contributed by atoms with Gasteiger partial charge in [0.15, 0.2) is 5.60 Å². The zero-order valence-corrected chi connectivity index (χ0v) is 21.3. The van der Waals surface area contributed by atoms with Crippen molar-refractivity contribution in [1.29, 1.82) is 0 Å². The highest BCUT2D eigenvalue weighted by Gasteiger charge is 2.50. The van der Waals surface area contributed by atoms with Crippen LogP contribution in [0.15, 0.2) is 85.1 Å². The summed E-state index contributed by atoms with van der Waals surface area (Å²) in [5.74, 6) is -0.925. The van der Waals surface area contributed by atoms with Crippen LogP contribution in [0.4, 0.5) is 0 Å². The van der Waals surface area contributed by atoms with E-state index in [4.69, 9.17) is 14.2 Å². The molecule has 0 amide bonds. The molecule has 0 aliphatic carbocycles. The molecule has 3 aromatic carbocycles. The van der Waals surface area contributed by atoms with E-state index >= 15 is 0 Å². The fourth-order valence-electron chi connectivity index (χ4n) is 4.26. The second-order valence-corrected chi connectivity index (χ2v) is 8.86. The fourth-order valence-corrected chi connectivity index (χ4v) is 4.26. The van der Waals surface area contributed by atoms with Crippen LogP contribution < -0.4 is 9.47 Å². The third-order valence-corrected chi connectivity index (χ3v) is 6.36. The zero-order valence-electron chi connectivity index (χ0n) is 21.3. The van der Waals surface area contributed by atoms with Gasteiger partial charge in [0.25, 0.3) is 0 Å². The third kappa shape index (κ3) is 5.47. The topological polar surface area (TPSA) is 90.8 Å². The first-order valence-corrected chi connectivity index (χ1v) is 11.9. The number of aryl methyl sites for hydroxylation is 3. The minimum absolute atomic E-state index is 0.124. The monoisotopic (exact) mass is 498 g/mol. The van der Waals surface area contributed by atoms with Crippen molar-refractivity contribution in [2.75, 3.05) is 7.11 Å². The van der Waals surface area contributed by atoms with Crippen molar-refractivity contribution in [3.05, 3.63) is 118 Å². The van der Waals surface area contributed by atoms with Crippen molar-refractivity contribution < 1.29 is 24.1 Å². The van der Waals surface area contributed by atoms with Gasteiger partial charge in [0.1, 0.15) is 0 Å². The first-order valence-electron chi connectivity index (χ1n) is 11.9. The first kappa shape index (κ1) is 25.9. The third-order valence-electron chi connectivity index (χ3n) is 6.36. The van der Waals surface area contributed by atoms with Gasteiger partial charge in [-0.15, -0.1) is 0 Å². The summed E-state index contributed by atoms with van der Waals surface area (Å²) in [6.07, 6.45) is -0.000759. The maximum atomic E-state index is 12.9. The SMILES string of the molecule is COc1nc(OC(C(=O)O)C(OCc2ccc(C)c(C)c2)(c2ccccc2)c2ccccc2)ncc1C. The predicted molar refractivity (Wildman–Crippen MR) is 140 cm³/mol. The number of nitrogens with zero attached hydrogens (tertiary/aromatic N) is 2. The average Bonchev–Trinajstić information content (AvgIpc) is 2.92. The Morgan fingerprint density at radius 1 is 0.892 bits per heavy atom. The molecule has 0 spiro atoms. The average molecular weight is 499 g/mol. The Kier molecular flexibility index (Phi) is 7.84. The Balaban J connectivity index is 1.88. The minimum atomic E-state index is -1.53. The summed E-state index contributed by atoms with van der Waals surface area (Å²) in [5.41, 5.74) is 3.61. The van der Waals surface area contributed by atoms with E-state index in [-0.39, 0.29) is 12.6 Å². The lowest BCUT2D eigenvalue weighted by Gasteiger charge is -2.39. The van der Waals surface area contributed by atoms with Gasteiger partial charge in [0.05, 0.1) is 13.7 Å². The fraction of sp³-hybridized carbons (Fsp3) is 0.233. The molecule has 7 heteroatoms. The summed E-state index contributed by atoms with van der Waals surface area (Å²) in [7, 11) is 1.48. The van der Waals surface area contributed by atoms with Gasteiger partial charge in [-0.2, -0.15) is 4.98 Å². The highest BCUT2D eigenvalue weighted by molar-refractivity contribution is 5.76. The molecule has 0 bridgehead atoms. The lowest BCUT2D eigenvalue weighted by molar-refractivity contribution is -0.166. The largest absolute Gasteiger partial charge is 0.481 e. The van der Waals surface area contributed by atoms with Crippen molar-refractivity contribution in [3.63, 3.8) is 0 Å². The number of ether oxygens (including phenoxy) is 3. The smallest absolute Gasteiger partial charge is 0.348 e. The van der Waals surface area contributed by atoms with Crippen molar-refractivity contribution in [2.24, 2.45) is 0 Å². The van der Waals surface area contributed by atoms with Crippen LogP contribution in [0.3, 0.4) is 0 Å². The van der Waals surface area contributed by atoms with Crippen LogP contribution >= 0.6 is 0 Å². The molecule has 7 nitrogen and oxygen atoms in total. The van der Waals surface area contributed by atoms with Gasteiger partial charge >= 0.3 is 12.0 Å². The van der Waals surface area contributed by atoms with Crippen LogP contribution in [0, 0.1) is 20.8 Å². The van der Waals surface area contributed by atoms with Crippen molar-refractivity contribution in [1.82, 2.24) is 9.97 Å². The molecule has 0 radical (unpaired) electrons. The Morgan fingerprint density at radius 2 is 1.51 bits per heavy atom. The van der Waals surface area contributed by atoms with Gasteiger partial charge in [-0.1, -0.05) is 78.9 Å². The molecule has 37 heavy (non-hydrogen) atoms. The van der Waals surface area contributed by atoms with Gasteiger partial charge in [-0.05, 0) is 48.6 Å². The number of carboxylic acids is 1. The van der Waals surface area contributed by atoms with Crippen LogP contribution in [0.25, 0.3) is 0 Å². The molecular formula is C30H30N2O5. The standard InChI is InChI=1S/C30H30N2O5/c1-20-15-16-23(17-21(20)2)19-36-30(24-11-7-5-8-12-24,25-13-9-6-10-14-25)26(28(33)34)37-29-31-18-22(3)27(32-29)35-4/h5-18,26H,19H2,1-4H3,(H,33,34). The van der Waals surface area contributed by atoms with Gasteiger partial charge in [0, 0.05) is 11.8 Å². The number of methoxy groups -OCH3 is 1. The van der Waals surface area contributed by atoms with E-state index in [9.17, 15) is 9.90 Å². The molecule has 4 aromatic rings. The number of hydrogen-bond acceptors (Lipinski definition) is 6. The summed E-state index contributed by atoms with van der Waals surface area (Å²) in [6, 6.07) is 24.4. The van der Waals surface area contributed by atoms with E-state index in [2.05, 4.69) is 9.97 Å². The Labute approximate surface area is 216 Å². The summed E-state index contributed by atoms with van der Waals surface area (Å²) < 4.78 is 18.0. The number of rotatable bonds is 10. The molecule has 1 heterocycles. The highest BCUT2D eigenvalue weighted by Crippen LogP contribution is 2.40. The van der Waals surface area contributed by atoms with E-state index in [1.165, 1.54) is 18.9 Å². The van der Waals surface area contributed by atoms with Gasteiger partial charge in [0.2, 0.25) is 12.0 Å². The van der Waals surface area contributed by atoms with Crippen LogP contribution in [0.2, 0.25) is 0 Å². The number of aliphatic carboxylic acids is 1. The second-order valence-electron chi connectivity index (χ2n) is 8.86. The molecule has 1 unspecified atom stereocenters. The lowest BCUT2D eigenvalue weighted by Crippen LogP contribution is -2.51. The molecule has 0 aliphatic heterocycles. The van der Waals surface area contributed by atoms with Crippen molar-refractivity contribution in [3.8, 4) is 11.9 Å². The molecule has 1 N–H and O–H groups in total. The number of aromatic nitrogens is 2. The minimum Gasteiger partial charge on any atom is -0.481 e. The molecular weight excluding hydrogens is 468 g/mol. The molecule has 0 fully saturated rings. The number of carboxylic acid groups (broad SMARTS) is 1. The predicted octanol–water partition coefficient (Wildman–Crippen LogP) is 5.40. The summed E-state index contributed by atoms with van der Waals surface area (Å²) in [6.45, 7) is 6.02. The first-order chi connectivity index (χ1) is 17.8. The van der Waals surface area contributed by atoms with Crippen LogP contribution in [-0.2, 0) is 21.7 Å². The second kappa shape index (κ2) is 11.2. The maximum absolute atomic E-state index is 12.9. The van der Waals surface area contributed by atoms with Crippen LogP contribution in [0.1, 0.15) is 33.4 Å². The van der Waals surface area contributed by atoms with E-state index in [1.807, 2.05) is 92.7 Å². The van der Waals surface area contributed by atoms with Crippen LogP contribution in [0.5, 0.6) is 11.9 Å². The zero-order chi connectivity index (χ0) is 26.4. The molecule has 0 saturated heterocycles. The lowest BCUT2D eigenvalue weighted by atomic mass is 9.81. The van der Waals surface area contributed by atoms with E-state index in [0.717, 1.165) is 11.1 Å². The Bertz CT molecular complexity index is 1320. The quantitative estimate of drug-likeness (QED) is 0.313. The molecule has 1 atom stereocenters. The molecule has 0 aliphatic rings. The molecule has 4 rings (SSSR count). The molecule has 190 valence electrons. The molecule has 1 aromatic heterocycles. The summed E-state index contributed by atoms with van der Waals surface area (Å²) in [5, 5.41) is 10.6. The summed E-state index contributed by atoms with van der Waals surface area (Å²) in [4.78, 5) is 21.4. The highest BCUT2D eigenvalue weighted by atomic mass is 16.6. The number of carbonyl (C=O) groups is 1. The van der Waals surface area contributed by atoms with E-state index in [0.29, 0.717) is 22.6 Å². The van der Waals surface area contributed by atoms with E-state index < -0.39 is 17.7 Å².